The number of carbonyl (C=O) groups excluding carboxylic acids is 1. The van der Waals surface area contributed by atoms with Gasteiger partial charge in [-0.15, -0.1) is 10.2 Å². The molecule has 1 aromatic heterocycles. The van der Waals surface area contributed by atoms with Gasteiger partial charge in [-0.1, -0.05) is 18.2 Å². The Hall–Kier alpha value is -2.41. The molecule has 0 spiro atoms. The van der Waals surface area contributed by atoms with E-state index in [1.807, 2.05) is 35.2 Å². The van der Waals surface area contributed by atoms with Gasteiger partial charge in [-0.3, -0.25) is 4.90 Å². The monoisotopic (exact) mass is 341 g/mol. The highest BCUT2D eigenvalue weighted by Crippen LogP contribution is 2.27. The third-order valence-corrected chi connectivity index (χ3v) is 5.20. The molecule has 0 radical (unpaired) electrons. The fraction of sp³-hybridized carbons (Fsp3) is 0.500. The van der Waals surface area contributed by atoms with Crippen molar-refractivity contribution >= 4 is 6.03 Å². The molecule has 2 fully saturated rings. The van der Waals surface area contributed by atoms with Crippen LogP contribution in [0.25, 0.3) is 11.5 Å². The summed E-state index contributed by atoms with van der Waals surface area (Å²) in [6.45, 7) is 5.55. The third-order valence-electron chi connectivity index (χ3n) is 5.20. The fourth-order valence-corrected chi connectivity index (χ4v) is 3.68. The van der Waals surface area contributed by atoms with Crippen molar-refractivity contribution < 1.29 is 9.21 Å². The first kappa shape index (κ1) is 16.1. The highest BCUT2D eigenvalue weighted by Gasteiger charge is 2.33. The minimum absolute atomic E-state index is 0.0795. The van der Waals surface area contributed by atoms with Crippen molar-refractivity contribution in [3.05, 3.63) is 36.2 Å². The van der Waals surface area contributed by atoms with Crippen molar-refractivity contribution in [2.75, 3.05) is 26.2 Å². The lowest BCUT2D eigenvalue weighted by Crippen LogP contribution is -2.46. The van der Waals surface area contributed by atoms with Gasteiger partial charge >= 0.3 is 6.03 Å². The first-order valence-corrected chi connectivity index (χ1v) is 8.90. The Morgan fingerprint density at radius 3 is 2.60 bits per heavy atom. The summed E-state index contributed by atoms with van der Waals surface area (Å²) in [6.07, 6.45) is 1.97. The summed E-state index contributed by atoms with van der Waals surface area (Å²) >= 11 is 0. The van der Waals surface area contributed by atoms with E-state index < -0.39 is 0 Å². The van der Waals surface area contributed by atoms with Crippen molar-refractivity contribution in [3.8, 4) is 11.5 Å². The summed E-state index contributed by atoms with van der Waals surface area (Å²) in [6, 6.07) is 10.3. The van der Waals surface area contributed by atoms with E-state index in [1.54, 1.807) is 0 Å². The van der Waals surface area contributed by atoms with E-state index in [9.17, 15) is 4.79 Å². The molecule has 7 heteroatoms. The Balaban J connectivity index is 1.38. The van der Waals surface area contributed by atoms with Crippen LogP contribution in [-0.4, -0.2) is 58.2 Å². The molecular formula is C18H23N5O2. The number of rotatable bonds is 4. The average Bonchev–Trinajstić information content (AvgIpc) is 3.31. The molecule has 132 valence electrons. The summed E-state index contributed by atoms with van der Waals surface area (Å²) in [7, 11) is 0. The fourth-order valence-electron chi connectivity index (χ4n) is 3.68. The van der Waals surface area contributed by atoms with Gasteiger partial charge in [-0.2, -0.15) is 0 Å². The highest BCUT2D eigenvalue weighted by molar-refractivity contribution is 5.76. The van der Waals surface area contributed by atoms with Crippen molar-refractivity contribution in [1.82, 2.24) is 25.3 Å². The van der Waals surface area contributed by atoms with Gasteiger partial charge in [0.05, 0.1) is 6.04 Å². The third kappa shape index (κ3) is 3.24. The number of nitrogens with zero attached hydrogens (tertiary/aromatic N) is 4. The van der Waals surface area contributed by atoms with Crippen molar-refractivity contribution in [1.29, 1.82) is 0 Å². The van der Waals surface area contributed by atoms with Gasteiger partial charge in [0.2, 0.25) is 11.8 Å². The molecule has 2 aliphatic heterocycles. The molecule has 0 saturated carbocycles. The Bertz CT molecular complexity index is 724. The number of benzene rings is 1. The predicted octanol–water partition coefficient (Wildman–Crippen LogP) is 2.29. The smallest absolute Gasteiger partial charge is 0.317 e. The number of urea groups is 1. The average molecular weight is 341 g/mol. The van der Waals surface area contributed by atoms with Gasteiger partial charge in [0.25, 0.3) is 0 Å². The molecule has 2 amide bonds. The lowest BCUT2D eigenvalue weighted by Gasteiger charge is -2.37. The molecule has 4 rings (SSSR count). The molecule has 1 atom stereocenters. The van der Waals surface area contributed by atoms with Crippen LogP contribution in [0.3, 0.4) is 0 Å². The first-order chi connectivity index (χ1) is 12.2. The second-order valence-electron chi connectivity index (χ2n) is 6.68. The van der Waals surface area contributed by atoms with E-state index in [2.05, 4.69) is 27.3 Å². The number of hydrogen-bond acceptors (Lipinski definition) is 5. The van der Waals surface area contributed by atoms with E-state index in [0.29, 0.717) is 17.8 Å². The summed E-state index contributed by atoms with van der Waals surface area (Å²) in [5, 5.41) is 11.3. The minimum atomic E-state index is 0.0795. The van der Waals surface area contributed by atoms with Crippen molar-refractivity contribution in [2.45, 2.75) is 31.8 Å². The lowest BCUT2D eigenvalue weighted by atomic mass is 10.0. The van der Waals surface area contributed by atoms with E-state index in [1.165, 1.54) is 0 Å². The molecule has 3 heterocycles. The van der Waals surface area contributed by atoms with E-state index >= 15 is 0 Å². The summed E-state index contributed by atoms with van der Waals surface area (Å²) in [5.74, 6) is 1.21. The Morgan fingerprint density at radius 1 is 1.16 bits per heavy atom. The van der Waals surface area contributed by atoms with E-state index in [4.69, 9.17) is 4.42 Å². The number of aromatic nitrogens is 2. The number of hydrogen-bond donors (Lipinski definition) is 1. The van der Waals surface area contributed by atoms with Crippen LogP contribution in [0.1, 0.15) is 31.7 Å². The van der Waals surface area contributed by atoms with Crippen LogP contribution in [0.5, 0.6) is 0 Å². The summed E-state index contributed by atoms with van der Waals surface area (Å²) < 4.78 is 5.89. The van der Waals surface area contributed by atoms with Gasteiger partial charge < -0.3 is 14.6 Å². The molecular weight excluding hydrogens is 318 g/mol. The number of likely N-dealkylation sites (tertiary alicyclic amines) is 1. The lowest BCUT2D eigenvalue weighted by molar-refractivity contribution is 0.101. The Labute approximate surface area is 147 Å². The topological polar surface area (TPSA) is 74.5 Å². The van der Waals surface area contributed by atoms with Crippen molar-refractivity contribution in [2.24, 2.45) is 0 Å². The highest BCUT2D eigenvalue weighted by atomic mass is 16.4. The van der Waals surface area contributed by atoms with Crippen LogP contribution < -0.4 is 5.32 Å². The molecule has 1 aromatic carbocycles. The first-order valence-electron chi connectivity index (χ1n) is 8.90. The second-order valence-corrected chi connectivity index (χ2v) is 6.68. The number of nitrogens with one attached hydrogen (secondary N) is 1. The second kappa shape index (κ2) is 6.84. The zero-order valence-corrected chi connectivity index (χ0v) is 14.4. The van der Waals surface area contributed by atoms with Gasteiger partial charge in [0.1, 0.15) is 0 Å². The van der Waals surface area contributed by atoms with Crippen LogP contribution in [0.15, 0.2) is 34.7 Å². The summed E-state index contributed by atoms with van der Waals surface area (Å²) in [5.41, 5.74) is 0.937. The zero-order chi connectivity index (χ0) is 17.2. The van der Waals surface area contributed by atoms with E-state index in [0.717, 1.165) is 44.6 Å². The van der Waals surface area contributed by atoms with Crippen LogP contribution >= 0.6 is 0 Å². The van der Waals surface area contributed by atoms with E-state index in [-0.39, 0.29) is 12.1 Å². The minimum Gasteiger partial charge on any atom is -0.419 e. The Morgan fingerprint density at radius 2 is 1.92 bits per heavy atom. The van der Waals surface area contributed by atoms with Gasteiger partial charge in [-0.25, -0.2) is 4.79 Å². The zero-order valence-electron chi connectivity index (χ0n) is 14.4. The molecule has 2 aromatic rings. The quantitative estimate of drug-likeness (QED) is 0.923. The van der Waals surface area contributed by atoms with Crippen molar-refractivity contribution in [3.63, 3.8) is 0 Å². The molecule has 0 bridgehead atoms. The van der Waals surface area contributed by atoms with Crippen LogP contribution in [-0.2, 0) is 0 Å². The standard InChI is InChI=1S/C18H23N5O2/c1-13(16-20-21-17(25-16)14-5-3-2-4-6-14)22-10-7-15(8-11-22)23-12-9-19-18(23)24/h2-6,13,15H,7-12H2,1H3,(H,19,24)/t13-/m0/s1. The van der Waals surface area contributed by atoms with Gasteiger partial charge in [0.15, 0.2) is 0 Å². The number of carbonyl (C=O) groups is 1. The largest absolute Gasteiger partial charge is 0.419 e. The van der Waals surface area contributed by atoms with Crippen LogP contribution in [0, 0.1) is 0 Å². The van der Waals surface area contributed by atoms with Gasteiger partial charge in [-0.05, 0) is 31.9 Å². The number of piperidine rings is 1. The van der Waals surface area contributed by atoms with Gasteiger partial charge in [0, 0.05) is 37.8 Å². The van der Waals surface area contributed by atoms with Crippen LogP contribution in [0.4, 0.5) is 4.79 Å². The molecule has 25 heavy (non-hydrogen) atoms. The molecule has 0 unspecified atom stereocenters. The maximum absolute atomic E-state index is 11.8. The Kier molecular flexibility index (Phi) is 4.40. The molecule has 1 N–H and O–H groups in total. The molecule has 0 aliphatic carbocycles. The number of amides is 2. The maximum Gasteiger partial charge on any atom is 0.317 e. The molecule has 2 saturated heterocycles. The molecule has 7 nitrogen and oxygen atoms in total. The van der Waals surface area contributed by atoms with Crippen LogP contribution in [0.2, 0.25) is 0 Å². The maximum atomic E-state index is 11.8. The predicted molar refractivity (Wildman–Crippen MR) is 92.8 cm³/mol. The normalized spacial score (nSPS) is 20.7. The SMILES string of the molecule is C[C@@H](c1nnc(-c2ccccc2)o1)N1CCC(N2CCNC2=O)CC1. The summed E-state index contributed by atoms with van der Waals surface area (Å²) in [4.78, 5) is 16.1. The molecule has 2 aliphatic rings.